The van der Waals surface area contributed by atoms with E-state index in [0.717, 1.165) is 0 Å². The molecule has 0 amide bonds. The largest absolute Gasteiger partial charge is 0.0619 e. The molecule has 25 heavy (non-hydrogen) atoms. The Kier molecular flexibility index (Phi) is 1.92. The summed E-state index contributed by atoms with van der Waals surface area (Å²) in [4.78, 5) is 0. The molecule has 0 N–H and O–H groups in total. The fourth-order valence-electron chi connectivity index (χ4n) is 5.32. The monoisotopic (exact) mass is 314 g/mol. The summed E-state index contributed by atoms with van der Waals surface area (Å²) in [5.41, 5.74) is 16.0. The van der Waals surface area contributed by atoms with Crippen LogP contribution in [0.2, 0.25) is 0 Å². The zero-order chi connectivity index (χ0) is 16.1. The molecule has 0 radical (unpaired) electrons. The number of hydrogen-bond donors (Lipinski definition) is 0. The van der Waals surface area contributed by atoms with E-state index in [1.54, 1.807) is 0 Å². The zero-order valence-corrected chi connectivity index (χ0v) is 13.6. The van der Waals surface area contributed by atoms with Crippen LogP contribution in [-0.4, -0.2) is 0 Å². The van der Waals surface area contributed by atoms with Crippen molar-refractivity contribution in [2.24, 2.45) is 0 Å². The molecule has 0 bridgehead atoms. The van der Waals surface area contributed by atoms with Gasteiger partial charge >= 0.3 is 0 Å². The van der Waals surface area contributed by atoms with Gasteiger partial charge in [0.2, 0.25) is 0 Å². The van der Waals surface area contributed by atoms with Gasteiger partial charge in [-0.2, -0.15) is 0 Å². The normalized spacial score (nSPS) is 16.4. The summed E-state index contributed by atoms with van der Waals surface area (Å²) in [5.74, 6) is 0.412. The lowest BCUT2D eigenvalue weighted by Gasteiger charge is -2.28. The predicted molar refractivity (Wildman–Crippen MR) is 103 cm³/mol. The van der Waals surface area contributed by atoms with Gasteiger partial charge in [0.1, 0.15) is 0 Å². The molecule has 0 heterocycles. The van der Waals surface area contributed by atoms with Gasteiger partial charge in [-0.25, -0.2) is 0 Å². The second-order valence-corrected chi connectivity index (χ2v) is 7.29. The summed E-state index contributed by atoms with van der Waals surface area (Å²) in [5, 5.41) is 0. The lowest BCUT2D eigenvalue weighted by molar-refractivity contribution is 1.05. The van der Waals surface area contributed by atoms with E-state index < -0.39 is 0 Å². The number of rotatable bonds is 0. The molecule has 0 heteroatoms. The molecule has 1 unspecified atom stereocenters. The molecule has 0 saturated carbocycles. The van der Waals surface area contributed by atoms with Crippen LogP contribution in [0.1, 0.15) is 22.6 Å². The lowest BCUT2D eigenvalue weighted by Crippen LogP contribution is -2.02. The minimum absolute atomic E-state index is 0.412. The highest BCUT2D eigenvalue weighted by Crippen LogP contribution is 2.64. The minimum atomic E-state index is 0.412. The first-order valence-electron chi connectivity index (χ1n) is 8.93. The number of fused-ring (bicyclic) bond motifs is 11. The average molecular weight is 314 g/mol. The molecular formula is C25H14. The van der Waals surface area contributed by atoms with E-state index in [1.165, 1.54) is 61.2 Å². The van der Waals surface area contributed by atoms with E-state index in [-0.39, 0.29) is 0 Å². The summed E-state index contributed by atoms with van der Waals surface area (Å²) in [6.45, 7) is 0. The molecule has 0 spiro atoms. The molecule has 0 saturated heterocycles. The molecule has 0 fully saturated rings. The van der Waals surface area contributed by atoms with Crippen LogP contribution in [0.4, 0.5) is 0 Å². The highest BCUT2D eigenvalue weighted by molar-refractivity contribution is 6.14. The first-order chi connectivity index (χ1) is 12.4. The third-order valence-corrected chi connectivity index (χ3v) is 6.25. The topological polar surface area (TPSA) is 0 Å². The van der Waals surface area contributed by atoms with Crippen molar-refractivity contribution in [3.8, 4) is 44.5 Å². The number of benzene rings is 4. The summed E-state index contributed by atoms with van der Waals surface area (Å²) >= 11 is 0. The first kappa shape index (κ1) is 12.3. The van der Waals surface area contributed by atoms with Crippen molar-refractivity contribution in [1.29, 1.82) is 0 Å². The van der Waals surface area contributed by atoms with E-state index in [0.29, 0.717) is 5.92 Å². The molecule has 0 aromatic heterocycles. The van der Waals surface area contributed by atoms with Crippen molar-refractivity contribution in [2.75, 3.05) is 0 Å². The minimum Gasteiger partial charge on any atom is -0.0619 e. The average Bonchev–Trinajstić information content (AvgIpc) is 3.16. The summed E-state index contributed by atoms with van der Waals surface area (Å²) in [6, 6.07) is 29.3. The van der Waals surface area contributed by atoms with Crippen molar-refractivity contribution in [2.45, 2.75) is 5.92 Å². The maximum atomic E-state index is 2.45. The Labute approximate surface area is 146 Å². The van der Waals surface area contributed by atoms with Crippen molar-refractivity contribution in [1.82, 2.24) is 0 Å². The molecule has 0 nitrogen and oxygen atoms in total. The highest BCUT2D eigenvalue weighted by Gasteiger charge is 2.42. The fraction of sp³-hybridized carbons (Fsp3) is 0.0400. The standard InChI is InChI=1S/C25H14/c1-4-10-17-14(7-1)20-13-21-15-8-2-3-9-16(15)22-18-11-5-6-12-19(18)24(23(17)20)25(21)22/h1-13,22H. The van der Waals surface area contributed by atoms with Gasteiger partial charge in [0.25, 0.3) is 0 Å². The Balaban J connectivity index is 1.69. The van der Waals surface area contributed by atoms with Gasteiger partial charge in [0.15, 0.2) is 0 Å². The highest BCUT2D eigenvalue weighted by atomic mass is 14.4. The third kappa shape index (κ3) is 1.23. The molecular weight excluding hydrogens is 300 g/mol. The van der Waals surface area contributed by atoms with Crippen LogP contribution >= 0.6 is 0 Å². The van der Waals surface area contributed by atoms with E-state index in [9.17, 15) is 0 Å². The van der Waals surface area contributed by atoms with E-state index in [2.05, 4.69) is 78.9 Å². The third-order valence-electron chi connectivity index (χ3n) is 6.25. The molecule has 1 atom stereocenters. The van der Waals surface area contributed by atoms with Gasteiger partial charge in [-0.05, 0) is 67.3 Å². The maximum Gasteiger partial charge on any atom is 0.0364 e. The Morgan fingerprint density at radius 1 is 0.440 bits per heavy atom. The Morgan fingerprint density at radius 3 is 1.84 bits per heavy atom. The van der Waals surface area contributed by atoms with Crippen molar-refractivity contribution >= 4 is 0 Å². The van der Waals surface area contributed by atoms with Gasteiger partial charge in [0, 0.05) is 5.92 Å². The summed E-state index contributed by atoms with van der Waals surface area (Å²) in [6.07, 6.45) is 0. The van der Waals surface area contributed by atoms with E-state index >= 15 is 0 Å². The molecule has 3 aliphatic rings. The maximum absolute atomic E-state index is 2.45. The van der Waals surface area contributed by atoms with Crippen LogP contribution in [-0.2, 0) is 0 Å². The van der Waals surface area contributed by atoms with Crippen LogP contribution in [0.5, 0.6) is 0 Å². The second-order valence-electron chi connectivity index (χ2n) is 7.29. The van der Waals surface area contributed by atoms with Gasteiger partial charge in [0.05, 0.1) is 0 Å². The van der Waals surface area contributed by atoms with Gasteiger partial charge in [-0.1, -0.05) is 72.8 Å². The molecule has 4 aromatic rings. The smallest absolute Gasteiger partial charge is 0.0364 e. The van der Waals surface area contributed by atoms with Crippen molar-refractivity contribution in [3.63, 3.8) is 0 Å². The molecule has 0 aliphatic heterocycles. The Hall–Kier alpha value is -3.12. The molecule has 3 aliphatic carbocycles. The van der Waals surface area contributed by atoms with Gasteiger partial charge in [-0.15, -0.1) is 0 Å². The molecule has 7 rings (SSSR count). The predicted octanol–water partition coefficient (Wildman–Crippen LogP) is 6.48. The molecule has 4 aromatic carbocycles. The first-order valence-corrected chi connectivity index (χ1v) is 8.93. The van der Waals surface area contributed by atoms with Gasteiger partial charge in [-0.3, -0.25) is 0 Å². The lowest BCUT2D eigenvalue weighted by atomic mass is 9.75. The fourth-order valence-corrected chi connectivity index (χ4v) is 5.32. The molecule has 114 valence electrons. The summed E-state index contributed by atoms with van der Waals surface area (Å²) in [7, 11) is 0. The van der Waals surface area contributed by atoms with Crippen LogP contribution in [0.25, 0.3) is 44.5 Å². The van der Waals surface area contributed by atoms with Crippen molar-refractivity contribution < 1.29 is 0 Å². The number of hydrogen-bond acceptors (Lipinski definition) is 0. The van der Waals surface area contributed by atoms with Crippen molar-refractivity contribution in [3.05, 3.63) is 95.6 Å². The van der Waals surface area contributed by atoms with E-state index in [1.807, 2.05) is 0 Å². The van der Waals surface area contributed by atoms with Crippen LogP contribution in [0, 0.1) is 0 Å². The second kappa shape index (κ2) is 3.92. The quantitative estimate of drug-likeness (QED) is 0.301. The van der Waals surface area contributed by atoms with Crippen LogP contribution < -0.4 is 0 Å². The SMILES string of the molecule is c1ccc2c(c1)-c1cc3c4c(c1-2)-c1ccccc1C4c1ccccc1-3. The van der Waals surface area contributed by atoms with Crippen LogP contribution in [0.15, 0.2) is 78.9 Å². The van der Waals surface area contributed by atoms with Crippen LogP contribution in [0.3, 0.4) is 0 Å². The Bertz CT molecular complexity index is 1240. The Morgan fingerprint density at radius 2 is 1.04 bits per heavy atom. The summed E-state index contributed by atoms with van der Waals surface area (Å²) < 4.78 is 0. The van der Waals surface area contributed by atoms with E-state index in [4.69, 9.17) is 0 Å². The van der Waals surface area contributed by atoms with Gasteiger partial charge < -0.3 is 0 Å². The zero-order valence-electron chi connectivity index (χ0n) is 13.6.